The van der Waals surface area contributed by atoms with Crippen molar-refractivity contribution in [2.24, 2.45) is 0 Å². The summed E-state index contributed by atoms with van der Waals surface area (Å²) in [5, 5.41) is 9.03. The molecule has 0 amide bonds. The number of halogens is 2. The smallest absolute Gasteiger partial charge is 0.251 e. The molecule has 19 heavy (non-hydrogen) atoms. The molecule has 5 heteroatoms. The van der Waals surface area contributed by atoms with Crippen molar-refractivity contribution >= 4 is 16.6 Å². The molecule has 0 aliphatic heterocycles. The van der Waals surface area contributed by atoms with E-state index in [-0.39, 0.29) is 19.4 Å². The average molecular weight is 264 g/mol. The largest absolute Gasteiger partial charge is 0.388 e. The lowest BCUT2D eigenvalue weighted by atomic mass is 9.91. The summed E-state index contributed by atoms with van der Waals surface area (Å²) in [6.45, 7) is -0.140. The van der Waals surface area contributed by atoms with Gasteiger partial charge in [0.15, 0.2) is 0 Å². The Kier molecular flexibility index (Phi) is 2.86. The first kappa shape index (κ1) is 12.3. The van der Waals surface area contributed by atoms with Gasteiger partial charge in [0.2, 0.25) is 0 Å². The Balaban J connectivity index is 1.95. The molecule has 0 fully saturated rings. The van der Waals surface area contributed by atoms with Crippen molar-refractivity contribution in [2.45, 2.75) is 31.8 Å². The number of benzene rings is 1. The third-order valence-corrected chi connectivity index (χ3v) is 3.46. The molecule has 1 aromatic heterocycles. The van der Waals surface area contributed by atoms with Crippen LogP contribution < -0.4 is 0 Å². The van der Waals surface area contributed by atoms with Gasteiger partial charge in [0.25, 0.3) is 5.92 Å². The maximum absolute atomic E-state index is 13.1. The quantitative estimate of drug-likeness (QED) is 0.874. The van der Waals surface area contributed by atoms with Gasteiger partial charge in [0.1, 0.15) is 12.4 Å². The van der Waals surface area contributed by atoms with Crippen LogP contribution in [0.1, 0.15) is 30.7 Å². The minimum absolute atomic E-state index is 0.0955. The maximum Gasteiger partial charge on any atom is 0.251 e. The Morgan fingerprint density at radius 2 is 2.21 bits per heavy atom. The number of aliphatic hydroxyl groups excluding tert-OH is 1. The summed E-state index contributed by atoms with van der Waals surface area (Å²) < 4.78 is 26.2. The van der Waals surface area contributed by atoms with Crippen LogP contribution in [0.2, 0.25) is 0 Å². The number of nitrogens with one attached hydrogen (secondary N) is 1. The predicted molar refractivity (Wildman–Crippen MR) is 68.8 cm³/mol. The third-order valence-electron chi connectivity index (χ3n) is 3.46. The second-order valence-corrected chi connectivity index (χ2v) is 4.86. The molecule has 0 unspecified atom stereocenters. The first-order valence-corrected chi connectivity index (χ1v) is 6.24. The fourth-order valence-electron chi connectivity index (χ4n) is 2.39. The number of hydrogen-bond donors (Lipinski definition) is 2. The number of imidazole rings is 1. The molecule has 0 bridgehead atoms. The van der Waals surface area contributed by atoms with Crippen LogP contribution in [-0.4, -0.2) is 21.0 Å². The Hall–Kier alpha value is -1.75. The molecule has 0 saturated carbocycles. The second-order valence-electron chi connectivity index (χ2n) is 4.86. The van der Waals surface area contributed by atoms with Crippen molar-refractivity contribution in [3.05, 3.63) is 35.7 Å². The maximum atomic E-state index is 13.1. The topological polar surface area (TPSA) is 48.9 Å². The van der Waals surface area contributed by atoms with Crippen molar-refractivity contribution in [1.29, 1.82) is 0 Å². The summed E-state index contributed by atoms with van der Waals surface area (Å²) in [4.78, 5) is 7.20. The zero-order valence-corrected chi connectivity index (χ0v) is 10.3. The van der Waals surface area contributed by atoms with E-state index in [1.165, 1.54) is 0 Å². The van der Waals surface area contributed by atoms with Crippen LogP contribution >= 0.6 is 0 Å². The Labute approximate surface area is 109 Å². The van der Waals surface area contributed by atoms with Crippen LogP contribution in [0.3, 0.4) is 0 Å². The minimum atomic E-state index is -2.56. The van der Waals surface area contributed by atoms with Gasteiger partial charge in [0.05, 0.1) is 11.0 Å². The van der Waals surface area contributed by atoms with Gasteiger partial charge in [-0.3, -0.25) is 0 Å². The SMILES string of the molecule is OCc1nc2ccc(C3=CCC(F)(F)CC3)cc2[nH]1. The fraction of sp³-hybridized carbons (Fsp3) is 0.357. The second kappa shape index (κ2) is 4.42. The highest BCUT2D eigenvalue weighted by atomic mass is 19.3. The third kappa shape index (κ3) is 2.38. The van der Waals surface area contributed by atoms with E-state index in [2.05, 4.69) is 9.97 Å². The zero-order valence-electron chi connectivity index (χ0n) is 10.3. The number of rotatable bonds is 2. The summed E-state index contributed by atoms with van der Waals surface area (Å²) in [6.07, 6.45) is 1.72. The van der Waals surface area contributed by atoms with E-state index in [9.17, 15) is 8.78 Å². The first-order chi connectivity index (χ1) is 9.07. The summed E-state index contributed by atoms with van der Waals surface area (Å²) in [5.74, 6) is -2.05. The molecule has 0 saturated heterocycles. The highest BCUT2D eigenvalue weighted by Gasteiger charge is 2.31. The van der Waals surface area contributed by atoms with E-state index in [1.54, 1.807) is 6.08 Å². The lowest BCUT2D eigenvalue weighted by molar-refractivity contribution is -0.00602. The average Bonchev–Trinajstić information content (AvgIpc) is 2.80. The number of nitrogens with zero attached hydrogens (tertiary/aromatic N) is 1. The zero-order chi connectivity index (χ0) is 13.5. The van der Waals surface area contributed by atoms with Crippen LogP contribution in [-0.2, 0) is 6.61 Å². The molecule has 1 aliphatic rings. The monoisotopic (exact) mass is 264 g/mol. The molecule has 3 nitrogen and oxygen atoms in total. The lowest BCUT2D eigenvalue weighted by Gasteiger charge is -2.21. The van der Waals surface area contributed by atoms with E-state index < -0.39 is 5.92 Å². The molecule has 3 rings (SSSR count). The molecule has 1 heterocycles. The van der Waals surface area contributed by atoms with Gasteiger partial charge in [-0.15, -0.1) is 0 Å². The van der Waals surface area contributed by atoms with Gasteiger partial charge in [-0.2, -0.15) is 0 Å². The molecule has 100 valence electrons. The number of fused-ring (bicyclic) bond motifs is 1. The number of hydrogen-bond acceptors (Lipinski definition) is 2. The highest BCUT2D eigenvalue weighted by Crippen LogP contribution is 2.36. The first-order valence-electron chi connectivity index (χ1n) is 6.24. The van der Waals surface area contributed by atoms with Crippen molar-refractivity contribution in [1.82, 2.24) is 9.97 Å². The van der Waals surface area contributed by atoms with Gasteiger partial charge < -0.3 is 10.1 Å². The molecule has 0 radical (unpaired) electrons. The molecular weight excluding hydrogens is 250 g/mol. The molecular formula is C14H14F2N2O. The molecule has 2 aromatic rings. The number of aromatic nitrogens is 2. The van der Waals surface area contributed by atoms with Crippen LogP contribution in [0.5, 0.6) is 0 Å². The summed E-state index contributed by atoms with van der Waals surface area (Å²) >= 11 is 0. The molecule has 1 aliphatic carbocycles. The van der Waals surface area contributed by atoms with Crippen molar-refractivity contribution in [3.8, 4) is 0 Å². The van der Waals surface area contributed by atoms with E-state index in [0.29, 0.717) is 12.2 Å². The van der Waals surface area contributed by atoms with E-state index in [1.807, 2.05) is 18.2 Å². The van der Waals surface area contributed by atoms with E-state index in [4.69, 9.17) is 5.11 Å². The lowest BCUT2D eigenvalue weighted by Crippen LogP contribution is -2.18. The fourth-order valence-corrected chi connectivity index (χ4v) is 2.39. The molecule has 1 aromatic carbocycles. The predicted octanol–water partition coefficient (Wildman–Crippen LogP) is 3.26. The normalized spacial score (nSPS) is 18.6. The van der Waals surface area contributed by atoms with E-state index in [0.717, 1.165) is 22.2 Å². The highest BCUT2D eigenvalue weighted by molar-refractivity contribution is 5.81. The number of alkyl halides is 2. The Morgan fingerprint density at radius 1 is 1.37 bits per heavy atom. The number of allylic oxidation sites excluding steroid dienone is 2. The minimum Gasteiger partial charge on any atom is -0.388 e. The van der Waals surface area contributed by atoms with Crippen LogP contribution in [0.15, 0.2) is 24.3 Å². The van der Waals surface area contributed by atoms with Gasteiger partial charge in [0, 0.05) is 12.8 Å². The number of aromatic amines is 1. The Morgan fingerprint density at radius 3 is 2.89 bits per heavy atom. The van der Waals surface area contributed by atoms with Gasteiger partial charge >= 0.3 is 0 Å². The number of H-pyrrole nitrogens is 1. The number of aliphatic hydroxyl groups is 1. The van der Waals surface area contributed by atoms with Crippen LogP contribution in [0.25, 0.3) is 16.6 Å². The molecule has 0 spiro atoms. The molecule has 0 atom stereocenters. The van der Waals surface area contributed by atoms with Crippen molar-refractivity contribution in [3.63, 3.8) is 0 Å². The molecule has 2 N–H and O–H groups in total. The van der Waals surface area contributed by atoms with Crippen molar-refractivity contribution < 1.29 is 13.9 Å². The van der Waals surface area contributed by atoms with E-state index >= 15 is 0 Å². The standard InChI is InChI=1S/C14H14F2N2O/c15-14(16)5-3-9(4-6-14)10-1-2-11-12(7-10)18-13(8-19)17-11/h1-3,7,19H,4-6,8H2,(H,17,18). The van der Waals surface area contributed by atoms with Crippen molar-refractivity contribution in [2.75, 3.05) is 0 Å². The van der Waals surface area contributed by atoms with Gasteiger partial charge in [-0.1, -0.05) is 12.1 Å². The van der Waals surface area contributed by atoms with Crippen LogP contribution in [0.4, 0.5) is 8.78 Å². The Bertz CT molecular complexity index is 646. The summed E-state index contributed by atoms with van der Waals surface area (Å²) in [6, 6.07) is 5.63. The van der Waals surface area contributed by atoms with Gasteiger partial charge in [-0.05, 0) is 29.7 Å². The van der Waals surface area contributed by atoms with Gasteiger partial charge in [-0.25, -0.2) is 13.8 Å². The summed E-state index contributed by atoms with van der Waals surface area (Å²) in [5.41, 5.74) is 3.48. The van der Waals surface area contributed by atoms with Crippen LogP contribution in [0, 0.1) is 0 Å². The summed E-state index contributed by atoms with van der Waals surface area (Å²) in [7, 11) is 0.